The summed E-state index contributed by atoms with van der Waals surface area (Å²) in [6.07, 6.45) is 8.23. The van der Waals surface area contributed by atoms with E-state index in [2.05, 4.69) is 78.7 Å². The smallest absolute Gasteiger partial charge is 0.273 e. The van der Waals surface area contributed by atoms with Crippen LogP contribution in [0.2, 0.25) is 5.02 Å². The summed E-state index contributed by atoms with van der Waals surface area (Å²) in [5, 5.41) is 31.1. The van der Waals surface area contributed by atoms with E-state index in [0.29, 0.717) is 65.4 Å². The molecule has 0 radical (unpaired) electrons. The lowest BCUT2D eigenvalue weighted by atomic mass is 9.49. The van der Waals surface area contributed by atoms with Gasteiger partial charge in [-0.15, -0.1) is 10.2 Å². The summed E-state index contributed by atoms with van der Waals surface area (Å²) >= 11 is 6.27. The molecule has 1 aliphatic carbocycles. The summed E-state index contributed by atoms with van der Waals surface area (Å²) in [6, 6.07) is 10.7. The third-order valence-corrected chi connectivity index (χ3v) is 16.2. The molecule has 71 heavy (non-hydrogen) atoms. The van der Waals surface area contributed by atoms with E-state index in [1.165, 1.54) is 6.20 Å². The number of ether oxygens (including phenoxy) is 1. The Morgan fingerprint density at radius 2 is 1.73 bits per heavy atom. The Labute approximate surface area is 418 Å². The van der Waals surface area contributed by atoms with Crippen molar-refractivity contribution in [3.63, 3.8) is 0 Å². The first-order valence-corrected chi connectivity index (χ1v) is 25.3. The number of likely N-dealkylation sites (tertiary alicyclic amines) is 1. The maximum Gasteiger partial charge on any atom is 0.273 e. The summed E-state index contributed by atoms with van der Waals surface area (Å²) in [4.78, 5) is 39.5. The fourth-order valence-electron chi connectivity index (χ4n) is 12.4. The van der Waals surface area contributed by atoms with Crippen molar-refractivity contribution in [1.29, 1.82) is 5.26 Å². The zero-order valence-electron chi connectivity index (χ0n) is 41.3. The van der Waals surface area contributed by atoms with Crippen LogP contribution in [-0.2, 0) is 31.2 Å². The number of nitriles is 1. The second-order valence-electron chi connectivity index (χ2n) is 21.3. The molecule has 5 aromatic rings. The number of rotatable bonds is 11. The molecule has 2 amide bonds. The van der Waals surface area contributed by atoms with Gasteiger partial charge in [-0.2, -0.15) is 15.5 Å². The van der Waals surface area contributed by atoms with E-state index in [1.54, 1.807) is 55.3 Å². The minimum Gasteiger partial charge on any atom is -0.489 e. The number of hydrogen-bond donors (Lipinski definition) is 1. The van der Waals surface area contributed by atoms with E-state index in [9.17, 15) is 23.6 Å². The van der Waals surface area contributed by atoms with Crippen LogP contribution in [0.25, 0.3) is 11.1 Å². The van der Waals surface area contributed by atoms with E-state index in [1.807, 2.05) is 11.0 Å². The third kappa shape index (κ3) is 9.20. The van der Waals surface area contributed by atoms with Gasteiger partial charge in [0.1, 0.15) is 17.9 Å². The zero-order chi connectivity index (χ0) is 49.9. The van der Waals surface area contributed by atoms with Crippen molar-refractivity contribution in [2.45, 2.75) is 111 Å². The molecule has 2 aromatic carbocycles. The van der Waals surface area contributed by atoms with Crippen molar-refractivity contribution < 1.29 is 23.1 Å². The van der Waals surface area contributed by atoms with Crippen molar-refractivity contribution in [3.8, 4) is 22.9 Å². The van der Waals surface area contributed by atoms with Gasteiger partial charge in [0, 0.05) is 123 Å². The predicted molar refractivity (Wildman–Crippen MR) is 265 cm³/mol. The second kappa shape index (κ2) is 19.1. The Morgan fingerprint density at radius 1 is 0.972 bits per heavy atom. The van der Waals surface area contributed by atoms with E-state index < -0.39 is 17.3 Å². The number of nitrogens with one attached hydrogen (secondary N) is 1. The highest BCUT2D eigenvalue weighted by atomic mass is 35.5. The fraction of sp³-hybridized carbons (Fsp3) is 0.538. The lowest BCUT2D eigenvalue weighted by molar-refractivity contribution is -0.164. The molecule has 19 heteroatoms. The third-order valence-electron chi connectivity index (χ3n) is 15.9. The molecule has 3 fully saturated rings. The van der Waals surface area contributed by atoms with Gasteiger partial charge in [-0.05, 0) is 79.8 Å². The van der Waals surface area contributed by atoms with E-state index in [4.69, 9.17) is 21.4 Å². The first-order valence-electron chi connectivity index (χ1n) is 24.9. The van der Waals surface area contributed by atoms with Crippen LogP contribution >= 0.6 is 11.6 Å². The number of aromatic nitrogens is 7. The maximum absolute atomic E-state index is 14.8. The monoisotopic (exact) mass is 989 g/mol. The Morgan fingerprint density at radius 3 is 2.38 bits per heavy atom. The van der Waals surface area contributed by atoms with E-state index in [0.717, 1.165) is 99.6 Å². The minimum absolute atomic E-state index is 0.0179. The molecule has 0 bridgehead atoms. The molecule has 374 valence electrons. The van der Waals surface area contributed by atoms with Gasteiger partial charge < -0.3 is 29.7 Å². The molecule has 0 unspecified atom stereocenters. The quantitative estimate of drug-likeness (QED) is 0.135. The van der Waals surface area contributed by atoms with Gasteiger partial charge in [-0.3, -0.25) is 19.0 Å². The molecule has 16 nitrogen and oxygen atoms in total. The normalized spacial score (nSPS) is 21.3. The Kier molecular flexibility index (Phi) is 13.0. The molecule has 10 rings (SSSR count). The number of anilines is 3. The lowest BCUT2D eigenvalue weighted by Gasteiger charge is -2.63. The van der Waals surface area contributed by atoms with Gasteiger partial charge in [0.2, 0.25) is 11.9 Å². The summed E-state index contributed by atoms with van der Waals surface area (Å²) in [6.45, 7) is 16.1. The topological polar surface area (TPSA) is 166 Å². The maximum atomic E-state index is 14.8. The summed E-state index contributed by atoms with van der Waals surface area (Å²) in [5.41, 5.74) is 4.81. The highest BCUT2D eigenvalue weighted by Crippen LogP contribution is 2.56. The van der Waals surface area contributed by atoms with Gasteiger partial charge in [0.05, 0.1) is 35.6 Å². The Bertz CT molecular complexity index is 2850. The number of benzene rings is 2. The molecule has 1 saturated carbocycles. The number of halogens is 3. The average Bonchev–Trinajstić information content (AvgIpc) is 3.98. The van der Waals surface area contributed by atoms with E-state index in [-0.39, 0.29) is 41.3 Å². The van der Waals surface area contributed by atoms with Crippen LogP contribution in [0.1, 0.15) is 118 Å². The fourth-order valence-corrected chi connectivity index (χ4v) is 12.6. The van der Waals surface area contributed by atoms with Crippen LogP contribution in [0.3, 0.4) is 0 Å². The molecule has 0 atom stereocenters. The highest BCUT2D eigenvalue weighted by Gasteiger charge is 2.64. The number of amides is 2. The number of hydrogen-bond acceptors (Lipinski definition) is 12. The van der Waals surface area contributed by atoms with Crippen LogP contribution in [0.4, 0.5) is 26.2 Å². The summed E-state index contributed by atoms with van der Waals surface area (Å²) in [7, 11) is 1.79. The summed E-state index contributed by atoms with van der Waals surface area (Å²) in [5.74, 6) is 2.07. The van der Waals surface area contributed by atoms with Crippen molar-refractivity contribution in [1.82, 2.24) is 49.9 Å². The van der Waals surface area contributed by atoms with Crippen molar-refractivity contribution in [2.75, 3.05) is 55.6 Å². The van der Waals surface area contributed by atoms with Crippen LogP contribution in [-0.4, -0.2) is 114 Å². The van der Waals surface area contributed by atoms with Crippen LogP contribution in [0.5, 0.6) is 5.75 Å². The second-order valence-corrected chi connectivity index (χ2v) is 21.7. The largest absolute Gasteiger partial charge is 0.489 e. The number of aryl methyl sites for hydroxylation is 2. The van der Waals surface area contributed by atoms with Gasteiger partial charge in [-0.25, -0.2) is 13.8 Å². The number of nitrogens with zero attached hydrogens (tertiary/aromatic N) is 12. The molecule has 7 heterocycles. The molecule has 5 aliphatic rings. The molecule has 4 aliphatic heterocycles. The Hall–Kier alpha value is -6.19. The number of carbonyl (C=O) groups excluding carboxylic acids is 2. The van der Waals surface area contributed by atoms with Crippen LogP contribution in [0.15, 0.2) is 48.9 Å². The molecule has 1 N–H and O–H groups in total. The standard InChI is InChI=1S/C52H62ClF2N13O3/c1-31(69)66-21-15-43-40(30-66)46(67-16-7-8-33-22-38(35-26-58-63(6)29-35)39(45(54)55)24-44(33)67)62-68(43)36-13-17-64(18-14-36)28-32-11-19-65(20-12-32)50-57-27-42(60-61-50)47(70)59-48-51(2,3)49(52(48,4)5)71-37-10-9-34(25-56)41(53)23-37/h9-10,22-24,26-27,29,32,36,45,48-49H,7-8,11-21,28,30H2,1-6H3,(H,59,70). The van der Waals surface area contributed by atoms with Crippen LogP contribution in [0, 0.1) is 28.1 Å². The number of piperidine rings is 2. The minimum atomic E-state index is -2.66. The Balaban J connectivity index is 0.745. The van der Waals surface area contributed by atoms with Crippen LogP contribution < -0.4 is 19.9 Å². The molecule has 3 aromatic heterocycles. The molecule has 2 saturated heterocycles. The van der Waals surface area contributed by atoms with Gasteiger partial charge >= 0.3 is 0 Å². The number of alkyl halides is 2. The van der Waals surface area contributed by atoms with E-state index >= 15 is 0 Å². The first kappa shape index (κ1) is 48.4. The first-order chi connectivity index (χ1) is 34.0. The van der Waals surface area contributed by atoms with Gasteiger partial charge in [0.25, 0.3) is 12.3 Å². The van der Waals surface area contributed by atoms with Gasteiger partial charge in [-0.1, -0.05) is 39.3 Å². The number of carbonyl (C=O) groups is 2. The van der Waals surface area contributed by atoms with Gasteiger partial charge in [0.15, 0.2) is 11.5 Å². The molecular weight excluding hydrogens is 928 g/mol. The molecular formula is C52H62ClF2N13O3. The predicted octanol–water partition coefficient (Wildman–Crippen LogP) is 8.09. The van der Waals surface area contributed by atoms with Crippen molar-refractivity contribution >= 4 is 40.9 Å². The average molecular weight is 991 g/mol. The highest BCUT2D eigenvalue weighted by molar-refractivity contribution is 6.31. The van der Waals surface area contributed by atoms with Crippen molar-refractivity contribution in [3.05, 3.63) is 87.6 Å². The van der Waals surface area contributed by atoms with Crippen molar-refractivity contribution in [2.24, 2.45) is 23.8 Å². The SMILES string of the molecule is CC(=O)N1CCc2c(c(N3CCCc4cc(-c5cnn(C)c5)c(C(F)F)cc43)nn2C2CCN(CC3CCN(c4ncc(C(=O)NC5C(C)(C)C(Oc6ccc(C#N)c(Cl)c6)C5(C)C)nn4)CC3)CC2)C1. The zero-order valence-corrected chi connectivity index (χ0v) is 42.1. The molecule has 0 spiro atoms. The lowest BCUT2D eigenvalue weighted by Crippen LogP contribution is -2.74. The summed E-state index contributed by atoms with van der Waals surface area (Å²) < 4.78 is 39.8. The number of fused-ring (bicyclic) bond motifs is 2.